The van der Waals surface area contributed by atoms with Gasteiger partial charge in [0.25, 0.3) is 0 Å². The molecule has 2 aromatic rings. The fourth-order valence-electron chi connectivity index (χ4n) is 2.04. The van der Waals surface area contributed by atoms with Crippen LogP contribution in [-0.4, -0.2) is 27.0 Å². The van der Waals surface area contributed by atoms with E-state index in [1.807, 2.05) is 13.8 Å². The average Bonchev–Trinajstić information content (AvgIpc) is 2.86. The number of rotatable bonds is 5. The van der Waals surface area contributed by atoms with E-state index in [4.69, 9.17) is 4.74 Å². The molecule has 0 saturated carbocycles. The molecule has 2 rings (SSSR count). The fraction of sp³-hybridized carbons (Fsp3) is 0.429. The Balaban J connectivity index is 2.19. The zero-order chi connectivity index (χ0) is 14.7. The molecule has 0 aliphatic heterocycles. The van der Waals surface area contributed by atoms with E-state index < -0.39 is 11.9 Å². The van der Waals surface area contributed by atoms with E-state index in [-0.39, 0.29) is 18.0 Å². The molecule has 0 aliphatic carbocycles. The van der Waals surface area contributed by atoms with Crippen LogP contribution in [0.2, 0.25) is 0 Å². The van der Waals surface area contributed by atoms with Crippen molar-refractivity contribution < 1.29 is 14.2 Å². The molecule has 0 bridgehead atoms. The van der Waals surface area contributed by atoms with Gasteiger partial charge in [-0.1, -0.05) is 0 Å². The summed E-state index contributed by atoms with van der Waals surface area (Å²) in [4.78, 5) is 4.11. The van der Waals surface area contributed by atoms with Gasteiger partial charge in [-0.3, -0.25) is 0 Å². The lowest BCUT2D eigenvalue weighted by atomic mass is 10.1. The van der Waals surface area contributed by atoms with Crippen LogP contribution < -0.4 is 4.74 Å². The zero-order valence-corrected chi connectivity index (χ0v) is 11.7. The maximum atomic E-state index is 13.9. The van der Waals surface area contributed by atoms with Crippen molar-refractivity contribution in [2.75, 3.05) is 7.11 Å². The maximum absolute atomic E-state index is 13.9. The molecule has 5 nitrogen and oxygen atoms in total. The Labute approximate surface area is 117 Å². The average molecular weight is 279 g/mol. The van der Waals surface area contributed by atoms with Crippen molar-refractivity contribution in [3.63, 3.8) is 0 Å². The van der Waals surface area contributed by atoms with Crippen LogP contribution >= 0.6 is 0 Å². The minimum Gasteiger partial charge on any atom is -0.497 e. The Morgan fingerprint density at radius 1 is 1.40 bits per heavy atom. The number of aromatic nitrogens is 3. The number of nitrogens with zero attached hydrogens (tertiary/aromatic N) is 3. The van der Waals surface area contributed by atoms with Gasteiger partial charge in [-0.2, -0.15) is 5.10 Å². The highest BCUT2D eigenvalue weighted by atomic mass is 19.1. The van der Waals surface area contributed by atoms with E-state index in [1.165, 1.54) is 25.6 Å². The molecule has 0 saturated heterocycles. The highest BCUT2D eigenvalue weighted by Crippen LogP contribution is 2.24. The number of hydrogen-bond donors (Lipinski definition) is 1. The van der Waals surface area contributed by atoms with Crippen molar-refractivity contribution in [2.24, 2.45) is 0 Å². The number of aliphatic hydroxyl groups is 1. The van der Waals surface area contributed by atoms with E-state index in [1.54, 1.807) is 10.7 Å². The van der Waals surface area contributed by atoms with Crippen molar-refractivity contribution in [2.45, 2.75) is 32.4 Å². The van der Waals surface area contributed by atoms with Crippen molar-refractivity contribution >= 4 is 0 Å². The fourth-order valence-corrected chi connectivity index (χ4v) is 2.04. The lowest BCUT2D eigenvalue weighted by Crippen LogP contribution is -2.13. The summed E-state index contributed by atoms with van der Waals surface area (Å²) >= 11 is 0. The van der Waals surface area contributed by atoms with Crippen molar-refractivity contribution in [3.05, 3.63) is 41.7 Å². The van der Waals surface area contributed by atoms with E-state index in [9.17, 15) is 9.50 Å². The van der Waals surface area contributed by atoms with Gasteiger partial charge in [0.15, 0.2) is 0 Å². The van der Waals surface area contributed by atoms with Crippen molar-refractivity contribution in [1.82, 2.24) is 14.8 Å². The minimum atomic E-state index is -0.970. The van der Waals surface area contributed by atoms with Crippen LogP contribution in [0.25, 0.3) is 0 Å². The highest BCUT2D eigenvalue weighted by Gasteiger charge is 2.18. The number of ether oxygens (including phenoxy) is 1. The van der Waals surface area contributed by atoms with Gasteiger partial charge >= 0.3 is 0 Å². The molecule has 0 radical (unpaired) electrons. The van der Waals surface area contributed by atoms with Crippen LogP contribution in [0.4, 0.5) is 4.39 Å². The first-order valence-corrected chi connectivity index (χ1v) is 6.42. The topological polar surface area (TPSA) is 60.2 Å². The van der Waals surface area contributed by atoms with E-state index in [0.717, 1.165) is 0 Å². The Morgan fingerprint density at radius 3 is 2.75 bits per heavy atom. The number of aliphatic hydroxyl groups excluding tert-OH is 1. The summed E-state index contributed by atoms with van der Waals surface area (Å²) in [7, 11) is 1.47. The molecule has 20 heavy (non-hydrogen) atoms. The normalized spacial score (nSPS) is 12.7. The third-order valence-electron chi connectivity index (χ3n) is 3.08. The molecule has 6 heteroatoms. The molecule has 108 valence electrons. The monoisotopic (exact) mass is 279 g/mol. The third-order valence-corrected chi connectivity index (χ3v) is 3.08. The second-order valence-electron chi connectivity index (χ2n) is 4.82. The van der Waals surface area contributed by atoms with Gasteiger partial charge in [0, 0.05) is 24.1 Å². The number of hydrogen-bond acceptors (Lipinski definition) is 4. The van der Waals surface area contributed by atoms with E-state index in [2.05, 4.69) is 10.1 Å². The van der Waals surface area contributed by atoms with Gasteiger partial charge in [-0.25, -0.2) is 14.1 Å². The third kappa shape index (κ3) is 2.96. The zero-order valence-electron chi connectivity index (χ0n) is 11.7. The highest BCUT2D eigenvalue weighted by molar-refractivity contribution is 5.30. The predicted octanol–water partition coefficient (Wildman–Crippen LogP) is 2.28. The Kier molecular flexibility index (Phi) is 4.34. The lowest BCUT2D eigenvalue weighted by molar-refractivity contribution is 0.168. The SMILES string of the molecule is COc1ccc(C(O)Cc2ncnn2C(C)C)c(F)c1. The standard InChI is InChI=1S/C14H18FN3O2/c1-9(2)18-14(16-8-17-18)7-13(19)11-5-4-10(20-3)6-12(11)15/h4-6,8-9,13,19H,7H2,1-3H3. The maximum Gasteiger partial charge on any atom is 0.138 e. The van der Waals surface area contributed by atoms with Crippen LogP contribution in [0, 0.1) is 5.82 Å². The molecule has 0 fully saturated rings. The summed E-state index contributed by atoms with van der Waals surface area (Å²) in [6.07, 6.45) is 0.677. The van der Waals surface area contributed by atoms with Crippen LogP contribution in [0.15, 0.2) is 24.5 Å². The molecule has 1 aromatic carbocycles. The van der Waals surface area contributed by atoms with Crippen LogP contribution in [0.3, 0.4) is 0 Å². The molecule has 1 atom stereocenters. The van der Waals surface area contributed by atoms with Crippen LogP contribution in [0.5, 0.6) is 5.75 Å². The second kappa shape index (κ2) is 6.00. The number of halogens is 1. The summed E-state index contributed by atoms with van der Waals surface area (Å²) in [5.74, 6) is 0.555. The molecule has 0 amide bonds. The molecular formula is C14H18FN3O2. The Bertz CT molecular complexity index is 584. The smallest absolute Gasteiger partial charge is 0.138 e. The number of methoxy groups -OCH3 is 1. The molecule has 1 aromatic heterocycles. The molecule has 0 spiro atoms. The summed E-state index contributed by atoms with van der Waals surface area (Å²) in [6, 6.07) is 4.54. The summed E-state index contributed by atoms with van der Waals surface area (Å²) in [5, 5.41) is 14.3. The van der Waals surface area contributed by atoms with Gasteiger partial charge in [0.1, 0.15) is 23.7 Å². The second-order valence-corrected chi connectivity index (χ2v) is 4.82. The molecular weight excluding hydrogens is 261 g/mol. The van der Waals surface area contributed by atoms with Gasteiger partial charge < -0.3 is 9.84 Å². The molecule has 1 heterocycles. The molecule has 1 unspecified atom stereocenters. The molecule has 0 aliphatic rings. The van der Waals surface area contributed by atoms with E-state index >= 15 is 0 Å². The van der Waals surface area contributed by atoms with Gasteiger partial charge in [0.2, 0.25) is 0 Å². The van der Waals surface area contributed by atoms with E-state index in [0.29, 0.717) is 11.6 Å². The minimum absolute atomic E-state index is 0.139. The van der Waals surface area contributed by atoms with Gasteiger partial charge in [-0.15, -0.1) is 0 Å². The van der Waals surface area contributed by atoms with Crippen molar-refractivity contribution in [3.8, 4) is 5.75 Å². The predicted molar refractivity (Wildman–Crippen MR) is 72.0 cm³/mol. The first-order chi connectivity index (χ1) is 9.52. The summed E-state index contributed by atoms with van der Waals surface area (Å²) < 4.78 is 20.5. The quantitative estimate of drug-likeness (QED) is 0.912. The largest absolute Gasteiger partial charge is 0.497 e. The first kappa shape index (κ1) is 14.5. The van der Waals surface area contributed by atoms with Gasteiger partial charge in [0.05, 0.1) is 13.2 Å². The van der Waals surface area contributed by atoms with Gasteiger partial charge in [-0.05, 0) is 26.0 Å². The summed E-state index contributed by atoms with van der Waals surface area (Å²) in [5.41, 5.74) is 0.226. The van der Waals surface area contributed by atoms with Crippen LogP contribution in [-0.2, 0) is 6.42 Å². The Hall–Kier alpha value is -1.95. The van der Waals surface area contributed by atoms with Crippen LogP contribution in [0.1, 0.15) is 37.4 Å². The Morgan fingerprint density at radius 2 is 2.15 bits per heavy atom. The lowest BCUT2D eigenvalue weighted by Gasteiger charge is -2.14. The summed E-state index contributed by atoms with van der Waals surface area (Å²) in [6.45, 7) is 3.94. The van der Waals surface area contributed by atoms with Crippen molar-refractivity contribution in [1.29, 1.82) is 0 Å². The number of benzene rings is 1. The molecule has 1 N–H and O–H groups in total. The first-order valence-electron chi connectivity index (χ1n) is 6.42.